The van der Waals surface area contributed by atoms with Crippen LogP contribution in [0.15, 0.2) is 18.2 Å². The lowest BCUT2D eigenvalue weighted by atomic mass is 9.85. The van der Waals surface area contributed by atoms with E-state index in [0.717, 1.165) is 19.4 Å². The van der Waals surface area contributed by atoms with Gasteiger partial charge in [-0.05, 0) is 50.3 Å². The van der Waals surface area contributed by atoms with E-state index in [4.69, 9.17) is 4.74 Å². The summed E-state index contributed by atoms with van der Waals surface area (Å²) in [5.41, 5.74) is 0.640. The van der Waals surface area contributed by atoms with E-state index in [1.807, 2.05) is 6.07 Å². The van der Waals surface area contributed by atoms with Crippen molar-refractivity contribution in [2.24, 2.45) is 5.92 Å². The molecule has 0 spiro atoms. The molecule has 1 saturated carbocycles. The van der Waals surface area contributed by atoms with Crippen LogP contribution in [0.25, 0.3) is 0 Å². The molecule has 1 aromatic rings. The van der Waals surface area contributed by atoms with Crippen molar-refractivity contribution >= 4 is 0 Å². The first-order valence-corrected chi connectivity index (χ1v) is 7.27. The van der Waals surface area contributed by atoms with Gasteiger partial charge in [-0.3, -0.25) is 0 Å². The lowest BCUT2D eigenvalue weighted by Gasteiger charge is -2.35. The fourth-order valence-electron chi connectivity index (χ4n) is 2.83. The average molecular weight is 265 g/mol. The zero-order valence-electron chi connectivity index (χ0n) is 12.1. The summed E-state index contributed by atoms with van der Waals surface area (Å²) in [6, 6.07) is 5.68. The summed E-state index contributed by atoms with van der Waals surface area (Å²) in [7, 11) is 0. The SMILES string of the molecule is CCNC1CCC(C)CC1Oc1cccc(C)c1F. The lowest BCUT2D eigenvalue weighted by Crippen LogP contribution is -2.46. The summed E-state index contributed by atoms with van der Waals surface area (Å²) < 4.78 is 20.0. The van der Waals surface area contributed by atoms with Gasteiger partial charge in [0.15, 0.2) is 11.6 Å². The Morgan fingerprint density at radius 2 is 2.16 bits per heavy atom. The molecule has 3 atom stereocenters. The molecule has 0 aliphatic heterocycles. The first-order chi connectivity index (χ1) is 9.11. The second-order valence-corrected chi connectivity index (χ2v) is 5.63. The van der Waals surface area contributed by atoms with Gasteiger partial charge in [0.1, 0.15) is 6.10 Å². The Labute approximate surface area is 115 Å². The van der Waals surface area contributed by atoms with Gasteiger partial charge in [-0.2, -0.15) is 0 Å². The topological polar surface area (TPSA) is 21.3 Å². The van der Waals surface area contributed by atoms with Crippen molar-refractivity contribution in [3.8, 4) is 5.75 Å². The largest absolute Gasteiger partial charge is 0.486 e. The van der Waals surface area contributed by atoms with Gasteiger partial charge in [0.25, 0.3) is 0 Å². The third-order valence-corrected chi connectivity index (χ3v) is 3.95. The van der Waals surface area contributed by atoms with Crippen LogP contribution >= 0.6 is 0 Å². The van der Waals surface area contributed by atoms with Crippen LogP contribution in [0.3, 0.4) is 0 Å². The third-order valence-electron chi connectivity index (χ3n) is 3.95. The summed E-state index contributed by atoms with van der Waals surface area (Å²) in [6.07, 6.45) is 3.38. The van der Waals surface area contributed by atoms with Gasteiger partial charge < -0.3 is 10.1 Å². The molecule has 0 radical (unpaired) electrons. The van der Waals surface area contributed by atoms with Crippen molar-refractivity contribution in [3.63, 3.8) is 0 Å². The van der Waals surface area contributed by atoms with Gasteiger partial charge in [0.2, 0.25) is 0 Å². The van der Waals surface area contributed by atoms with E-state index in [9.17, 15) is 4.39 Å². The standard InChI is InChI=1S/C16H24FNO/c1-4-18-13-9-8-11(2)10-15(13)19-14-7-5-6-12(3)16(14)17/h5-7,11,13,15,18H,4,8-10H2,1-3H3. The first-order valence-electron chi connectivity index (χ1n) is 7.27. The number of benzene rings is 1. The second kappa shape index (κ2) is 6.38. The maximum Gasteiger partial charge on any atom is 0.167 e. The number of hydrogen-bond donors (Lipinski definition) is 1. The Kier molecular flexibility index (Phi) is 4.81. The number of likely N-dealkylation sites (N-methyl/N-ethyl adjacent to an activating group) is 1. The van der Waals surface area contributed by atoms with Gasteiger partial charge >= 0.3 is 0 Å². The van der Waals surface area contributed by atoms with Crippen LogP contribution in [-0.4, -0.2) is 18.7 Å². The van der Waals surface area contributed by atoms with E-state index in [0.29, 0.717) is 23.3 Å². The summed E-state index contributed by atoms with van der Waals surface area (Å²) >= 11 is 0. The fraction of sp³-hybridized carbons (Fsp3) is 0.625. The number of ether oxygens (including phenoxy) is 1. The zero-order chi connectivity index (χ0) is 13.8. The molecule has 2 nitrogen and oxygen atoms in total. The monoisotopic (exact) mass is 265 g/mol. The normalized spacial score (nSPS) is 27.3. The van der Waals surface area contributed by atoms with Crippen LogP contribution in [0.1, 0.15) is 38.7 Å². The summed E-state index contributed by atoms with van der Waals surface area (Å²) in [4.78, 5) is 0. The van der Waals surface area contributed by atoms with E-state index < -0.39 is 0 Å². The fourth-order valence-corrected chi connectivity index (χ4v) is 2.83. The molecule has 1 fully saturated rings. The smallest absolute Gasteiger partial charge is 0.167 e. The number of rotatable bonds is 4. The van der Waals surface area contributed by atoms with Crippen molar-refractivity contribution < 1.29 is 9.13 Å². The molecule has 0 saturated heterocycles. The number of halogens is 1. The summed E-state index contributed by atoms with van der Waals surface area (Å²) in [5.74, 6) is 0.811. The van der Waals surface area contributed by atoms with Crippen LogP contribution in [0.5, 0.6) is 5.75 Å². The average Bonchev–Trinajstić information content (AvgIpc) is 2.38. The van der Waals surface area contributed by atoms with E-state index in [1.165, 1.54) is 6.42 Å². The minimum Gasteiger partial charge on any atom is -0.486 e. The highest BCUT2D eigenvalue weighted by Gasteiger charge is 2.30. The van der Waals surface area contributed by atoms with Crippen molar-refractivity contribution in [1.82, 2.24) is 5.32 Å². The van der Waals surface area contributed by atoms with Gasteiger partial charge in [-0.1, -0.05) is 26.0 Å². The number of aryl methyl sites for hydroxylation is 1. The van der Waals surface area contributed by atoms with Crippen LogP contribution in [-0.2, 0) is 0 Å². The highest BCUT2D eigenvalue weighted by atomic mass is 19.1. The van der Waals surface area contributed by atoms with Gasteiger partial charge in [0, 0.05) is 6.04 Å². The molecule has 1 N–H and O–H groups in total. The van der Waals surface area contributed by atoms with Crippen LogP contribution < -0.4 is 10.1 Å². The molecule has 2 rings (SSSR count). The first kappa shape index (κ1) is 14.3. The van der Waals surface area contributed by atoms with E-state index >= 15 is 0 Å². The van der Waals surface area contributed by atoms with E-state index in [-0.39, 0.29) is 11.9 Å². The molecular formula is C16H24FNO. The minimum absolute atomic E-state index is 0.0694. The Hall–Kier alpha value is -1.09. The Morgan fingerprint density at radius 3 is 2.89 bits per heavy atom. The second-order valence-electron chi connectivity index (χ2n) is 5.63. The van der Waals surface area contributed by atoms with E-state index in [2.05, 4.69) is 19.2 Å². The summed E-state index contributed by atoms with van der Waals surface area (Å²) in [5, 5.41) is 3.46. The molecule has 3 unspecified atom stereocenters. The van der Waals surface area contributed by atoms with Gasteiger partial charge in [-0.15, -0.1) is 0 Å². The molecule has 0 aromatic heterocycles. The molecule has 0 heterocycles. The summed E-state index contributed by atoms with van der Waals surface area (Å²) in [6.45, 7) is 7.04. The van der Waals surface area contributed by atoms with Crippen LogP contribution in [0.2, 0.25) is 0 Å². The molecule has 0 bridgehead atoms. The van der Waals surface area contributed by atoms with Crippen LogP contribution in [0, 0.1) is 18.7 Å². The highest BCUT2D eigenvalue weighted by Crippen LogP contribution is 2.29. The number of hydrogen-bond acceptors (Lipinski definition) is 2. The quantitative estimate of drug-likeness (QED) is 0.896. The van der Waals surface area contributed by atoms with Crippen molar-refractivity contribution in [1.29, 1.82) is 0 Å². The Morgan fingerprint density at radius 1 is 1.37 bits per heavy atom. The van der Waals surface area contributed by atoms with Crippen molar-refractivity contribution in [3.05, 3.63) is 29.6 Å². The molecule has 1 aliphatic rings. The minimum atomic E-state index is -0.226. The Balaban J connectivity index is 2.11. The molecular weight excluding hydrogens is 241 g/mol. The van der Waals surface area contributed by atoms with Crippen LogP contribution in [0.4, 0.5) is 4.39 Å². The molecule has 1 aromatic carbocycles. The Bertz CT molecular complexity index is 421. The molecule has 3 heteroatoms. The van der Waals surface area contributed by atoms with Gasteiger partial charge in [-0.25, -0.2) is 4.39 Å². The third kappa shape index (κ3) is 3.47. The predicted octanol–water partition coefficient (Wildman–Crippen LogP) is 3.68. The molecule has 19 heavy (non-hydrogen) atoms. The molecule has 0 amide bonds. The van der Waals surface area contributed by atoms with Gasteiger partial charge in [0.05, 0.1) is 0 Å². The van der Waals surface area contributed by atoms with Crippen molar-refractivity contribution in [2.75, 3.05) is 6.54 Å². The highest BCUT2D eigenvalue weighted by molar-refractivity contribution is 5.30. The van der Waals surface area contributed by atoms with E-state index in [1.54, 1.807) is 19.1 Å². The predicted molar refractivity (Wildman–Crippen MR) is 76.0 cm³/mol. The zero-order valence-corrected chi connectivity index (χ0v) is 12.1. The van der Waals surface area contributed by atoms with Crippen molar-refractivity contribution in [2.45, 2.75) is 52.2 Å². The molecule has 1 aliphatic carbocycles. The maximum atomic E-state index is 14.0. The maximum absolute atomic E-state index is 14.0. The lowest BCUT2D eigenvalue weighted by molar-refractivity contribution is 0.0876. The number of nitrogens with one attached hydrogen (secondary N) is 1. The molecule has 106 valence electrons.